The zero-order chi connectivity index (χ0) is 19.1. The molecule has 4 heteroatoms. The summed E-state index contributed by atoms with van der Waals surface area (Å²) in [6, 6.07) is 18.0. The van der Waals surface area contributed by atoms with Crippen molar-refractivity contribution in [1.82, 2.24) is 9.80 Å². The van der Waals surface area contributed by atoms with Crippen LogP contribution >= 0.6 is 0 Å². The Morgan fingerprint density at radius 2 is 1.93 bits per heavy atom. The van der Waals surface area contributed by atoms with E-state index in [0.717, 1.165) is 44.7 Å². The number of carbonyl (C=O) groups excluding carboxylic acids is 1. The highest BCUT2D eigenvalue weighted by Gasteiger charge is 2.17. The van der Waals surface area contributed by atoms with Crippen molar-refractivity contribution in [1.29, 1.82) is 5.26 Å². The molecule has 2 aromatic carbocycles. The molecule has 2 aromatic rings. The molecule has 4 nitrogen and oxygen atoms in total. The van der Waals surface area contributed by atoms with Gasteiger partial charge in [-0.2, -0.15) is 5.26 Å². The largest absolute Gasteiger partial charge is 0.338 e. The van der Waals surface area contributed by atoms with Crippen LogP contribution in [-0.2, 0) is 11.3 Å². The molecule has 0 N–H and O–H groups in total. The first-order valence-corrected chi connectivity index (χ1v) is 9.39. The third-order valence-corrected chi connectivity index (χ3v) is 4.85. The molecule has 0 aromatic heterocycles. The summed E-state index contributed by atoms with van der Waals surface area (Å²) in [7, 11) is 0. The Hall–Kier alpha value is -2.90. The lowest BCUT2D eigenvalue weighted by molar-refractivity contribution is -0.125. The van der Waals surface area contributed by atoms with E-state index in [0.29, 0.717) is 5.56 Å². The third-order valence-electron chi connectivity index (χ3n) is 4.85. The van der Waals surface area contributed by atoms with Gasteiger partial charge < -0.3 is 4.90 Å². The number of benzene rings is 2. The summed E-state index contributed by atoms with van der Waals surface area (Å²) in [5.41, 5.74) is 4.14. The van der Waals surface area contributed by atoms with Gasteiger partial charge in [0.1, 0.15) is 0 Å². The standard InChI is InChI=1S/C23H25N3O/c1-19-4-2-5-20(16-19)10-11-23(27)26-13-3-12-25(14-15-26)18-22-8-6-21(17-24)7-9-22/h2,4-11,16H,3,12-15,18H2,1H3/b11-10+. The summed E-state index contributed by atoms with van der Waals surface area (Å²) in [6.07, 6.45) is 4.56. The molecule has 1 saturated heterocycles. The highest BCUT2D eigenvalue weighted by Crippen LogP contribution is 2.11. The van der Waals surface area contributed by atoms with Gasteiger partial charge in [0, 0.05) is 38.8 Å². The third kappa shape index (κ3) is 5.54. The second kappa shape index (κ2) is 9.16. The van der Waals surface area contributed by atoms with Crippen molar-refractivity contribution in [3.63, 3.8) is 0 Å². The second-order valence-corrected chi connectivity index (χ2v) is 7.01. The van der Waals surface area contributed by atoms with Crippen LogP contribution in [0.25, 0.3) is 6.08 Å². The van der Waals surface area contributed by atoms with Gasteiger partial charge in [-0.25, -0.2) is 0 Å². The zero-order valence-electron chi connectivity index (χ0n) is 15.8. The van der Waals surface area contributed by atoms with E-state index in [-0.39, 0.29) is 5.91 Å². The van der Waals surface area contributed by atoms with Crippen LogP contribution in [0.2, 0.25) is 0 Å². The summed E-state index contributed by atoms with van der Waals surface area (Å²) in [4.78, 5) is 16.8. The molecular weight excluding hydrogens is 334 g/mol. The van der Waals surface area contributed by atoms with Crippen molar-refractivity contribution in [2.45, 2.75) is 19.9 Å². The minimum atomic E-state index is 0.0803. The van der Waals surface area contributed by atoms with Crippen LogP contribution in [0.5, 0.6) is 0 Å². The lowest BCUT2D eigenvalue weighted by Gasteiger charge is -2.21. The van der Waals surface area contributed by atoms with E-state index in [1.807, 2.05) is 47.4 Å². The average Bonchev–Trinajstić information content (AvgIpc) is 2.92. The lowest BCUT2D eigenvalue weighted by atomic mass is 10.1. The lowest BCUT2D eigenvalue weighted by Crippen LogP contribution is -2.34. The maximum Gasteiger partial charge on any atom is 0.246 e. The predicted octanol–water partition coefficient (Wildman–Crippen LogP) is 3.61. The first-order valence-electron chi connectivity index (χ1n) is 9.39. The Labute approximate surface area is 161 Å². The molecule has 0 saturated carbocycles. The zero-order valence-corrected chi connectivity index (χ0v) is 15.8. The molecular formula is C23H25N3O. The molecule has 0 radical (unpaired) electrons. The molecule has 0 atom stereocenters. The summed E-state index contributed by atoms with van der Waals surface area (Å²) < 4.78 is 0. The van der Waals surface area contributed by atoms with Crippen LogP contribution in [0.3, 0.4) is 0 Å². The average molecular weight is 359 g/mol. The van der Waals surface area contributed by atoms with E-state index < -0.39 is 0 Å². The molecule has 0 aliphatic carbocycles. The monoisotopic (exact) mass is 359 g/mol. The van der Waals surface area contributed by atoms with Crippen molar-refractivity contribution >= 4 is 12.0 Å². The summed E-state index contributed by atoms with van der Waals surface area (Å²) in [5, 5.41) is 8.89. The Bertz CT molecular complexity index is 849. The van der Waals surface area contributed by atoms with E-state index in [9.17, 15) is 4.79 Å². The van der Waals surface area contributed by atoms with Gasteiger partial charge in [0.25, 0.3) is 0 Å². The fourth-order valence-corrected chi connectivity index (χ4v) is 3.34. The van der Waals surface area contributed by atoms with E-state index in [2.05, 4.69) is 30.0 Å². The molecule has 1 fully saturated rings. The predicted molar refractivity (Wildman–Crippen MR) is 108 cm³/mol. The second-order valence-electron chi connectivity index (χ2n) is 7.01. The molecule has 0 bridgehead atoms. The maximum absolute atomic E-state index is 12.5. The van der Waals surface area contributed by atoms with E-state index in [1.165, 1.54) is 11.1 Å². The van der Waals surface area contributed by atoms with Gasteiger partial charge in [-0.05, 0) is 42.7 Å². The van der Waals surface area contributed by atoms with Crippen LogP contribution in [0, 0.1) is 18.3 Å². The van der Waals surface area contributed by atoms with Gasteiger partial charge in [-0.15, -0.1) is 0 Å². The molecule has 138 valence electrons. The van der Waals surface area contributed by atoms with Gasteiger partial charge in [-0.3, -0.25) is 9.69 Å². The summed E-state index contributed by atoms with van der Waals surface area (Å²) in [5.74, 6) is 0.0803. The molecule has 0 spiro atoms. The molecule has 1 heterocycles. The molecule has 1 amide bonds. The van der Waals surface area contributed by atoms with E-state index >= 15 is 0 Å². The van der Waals surface area contributed by atoms with Gasteiger partial charge >= 0.3 is 0 Å². The van der Waals surface area contributed by atoms with Crippen LogP contribution < -0.4 is 0 Å². The van der Waals surface area contributed by atoms with Gasteiger partial charge in [0.2, 0.25) is 5.91 Å². The molecule has 1 aliphatic rings. The van der Waals surface area contributed by atoms with Gasteiger partial charge in [0.15, 0.2) is 0 Å². The van der Waals surface area contributed by atoms with Crippen molar-refractivity contribution in [3.05, 3.63) is 76.9 Å². The number of nitriles is 1. The minimum Gasteiger partial charge on any atom is -0.338 e. The minimum absolute atomic E-state index is 0.0803. The number of aryl methyl sites for hydroxylation is 1. The number of carbonyl (C=O) groups is 1. The van der Waals surface area contributed by atoms with Crippen LogP contribution in [0.15, 0.2) is 54.6 Å². The topological polar surface area (TPSA) is 47.3 Å². The van der Waals surface area contributed by atoms with Crippen molar-refractivity contribution in [2.75, 3.05) is 26.2 Å². The summed E-state index contributed by atoms with van der Waals surface area (Å²) >= 11 is 0. The van der Waals surface area contributed by atoms with Crippen LogP contribution in [0.4, 0.5) is 0 Å². The van der Waals surface area contributed by atoms with Crippen LogP contribution in [-0.4, -0.2) is 41.9 Å². The fourth-order valence-electron chi connectivity index (χ4n) is 3.34. The normalized spacial score (nSPS) is 15.5. The number of nitrogens with zero attached hydrogens (tertiary/aromatic N) is 3. The number of hydrogen-bond acceptors (Lipinski definition) is 3. The maximum atomic E-state index is 12.5. The van der Waals surface area contributed by atoms with Crippen LogP contribution in [0.1, 0.15) is 28.7 Å². The first-order chi connectivity index (χ1) is 13.1. The Morgan fingerprint density at radius 3 is 2.67 bits per heavy atom. The molecule has 27 heavy (non-hydrogen) atoms. The van der Waals surface area contributed by atoms with Gasteiger partial charge in [-0.1, -0.05) is 42.0 Å². The number of rotatable bonds is 4. The first kappa shape index (κ1) is 18.9. The SMILES string of the molecule is Cc1cccc(/C=C/C(=O)N2CCCN(Cc3ccc(C#N)cc3)CC2)c1. The van der Waals surface area contributed by atoms with Crippen molar-refractivity contribution in [2.24, 2.45) is 0 Å². The fraction of sp³-hybridized carbons (Fsp3) is 0.304. The summed E-state index contributed by atoms with van der Waals surface area (Å²) in [6.45, 7) is 6.28. The molecule has 0 unspecified atom stereocenters. The highest BCUT2D eigenvalue weighted by molar-refractivity contribution is 5.91. The van der Waals surface area contributed by atoms with Gasteiger partial charge in [0.05, 0.1) is 11.6 Å². The molecule has 1 aliphatic heterocycles. The highest BCUT2D eigenvalue weighted by atomic mass is 16.2. The molecule has 3 rings (SSSR count). The van der Waals surface area contributed by atoms with E-state index in [1.54, 1.807) is 6.08 Å². The smallest absolute Gasteiger partial charge is 0.246 e. The Morgan fingerprint density at radius 1 is 1.11 bits per heavy atom. The number of amides is 1. The Balaban J connectivity index is 1.54. The van der Waals surface area contributed by atoms with E-state index in [4.69, 9.17) is 5.26 Å². The Kier molecular flexibility index (Phi) is 6.40. The number of hydrogen-bond donors (Lipinski definition) is 0. The van der Waals surface area contributed by atoms with Crippen molar-refractivity contribution < 1.29 is 4.79 Å². The quantitative estimate of drug-likeness (QED) is 0.784. The van der Waals surface area contributed by atoms with Crippen molar-refractivity contribution in [3.8, 4) is 6.07 Å².